The van der Waals surface area contributed by atoms with Crippen molar-refractivity contribution in [2.45, 2.75) is 19.4 Å². The van der Waals surface area contributed by atoms with Gasteiger partial charge in [-0.05, 0) is 40.5 Å². The summed E-state index contributed by atoms with van der Waals surface area (Å²) in [6, 6.07) is 4.99. The van der Waals surface area contributed by atoms with Gasteiger partial charge in [-0.25, -0.2) is 0 Å². The Balaban J connectivity index is 0.00000256. The summed E-state index contributed by atoms with van der Waals surface area (Å²) in [5.41, 5.74) is 6.57. The van der Waals surface area contributed by atoms with Crippen molar-refractivity contribution in [1.82, 2.24) is 0 Å². The first-order valence-corrected chi connectivity index (χ1v) is 5.67. The summed E-state index contributed by atoms with van der Waals surface area (Å²) in [4.78, 5) is 0. The number of benzene rings is 1. The fraction of sp³-hybridized carbons (Fsp3) is 0.364. The first kappa shape index (κ1) is 16.0. The zero-order valence-corrected chi connectivity index (χ0v) is 11.7. The first-order valence-electron chi connectivity index (χ1n) is 4.87. The Bertz CT molecular complexity index is 421. The standard InChI is InChI=1S/C11H13BrN2O2.ClH/c1-2-16-10-6-7(9(14)3-4-13)5-8(12)11(10)15;/h5-6,9,15H,2-3,14H2,1H3;1H/t9-;/m0./s1. The van der Waals surface area contributed by atoms with Gasteiger partial charge in [-0.1, -0.05) is 0 Å². The molecule has 0 radical (unpaired) electrons. The number of halogens is 2. The summed E-state index contributed by atoms with van der Waals surface area (Å²) >= 11 is 3.22. The minimum absolute atomic E-state index is 0. The number of hydrogen-bond acceptors (Lipinski definition) is 4. The second kappa shape index (κ2) is 7.38. The minimum atomic E-state index is -0.374. The maximum absolute atomic E-state index is 9.69. The lowest BCUT2D eigenvalue weighted by Gasteiger charge is -2.13. The number of hydrogen-bond donors (Lipinski definition) is 2. The molecule has 0 saturated heterocycles. The molecule has 1 rings (SSSR count). The van der Waals surface area contributed by atoms with Crippen LogP contribution < -0.4 is 10.5 Å². The van der Waals surface area contributed by atoms with Gasteiger partial charge in [0.1, 0.15) is 0 Å². The van der Waals surface area contributed by atoms with Gasteiger partial charge in [0.05, 0.1) is 23.6 Å². The molecule has 0 spiro atoms. The topological polar surface area (TPSA) is 79.3 Å². The molecule has 1 aromatic rings. The Morgan fingerprint density at radius 2 is 2.24 bits per heavy atom. The summed E-state index contributed by atoms with van der Waals surface area (Å²) < 4.78 is 5.78. The molecule has 0 aliphatic heterocycles. The lowest BCUT2D eigenvalue weighted by Crippen LogP contribution is -2.09. The average molecular weight is 322 g/mol. The quantitative estimate of drug-likeness (QED) is 0.893. The Morgan fingerprint density at radius 3 is 2.76 bits per heavy atom. The van der Waals surface area contributed by atoms with Crippen LogP contribution in [0.25, 0.3) is 0 Å². The Kier molecular flexibility index (Phi) is 6.97. The minimum Gasteiger partial charge on any atom is -0.503 e. The van der Waals surface area contributed by atoms with E-state index in [4.69, 9.17) is 15.7 Å². The maximum atomic E-state index is 9.69. The third-order valence-electron chi connectivity index (χ3n) is 2.09. The van der Waals surface area contributed by atoms with Gasteiger partial charge < -0.3 is 15.6 Å². The molecule has 0 aromatic heterocycles. The van der Waals surface area contributed by atoms with E-state index in [1.807, 2.05) is 13.0 Å². The number of ether oxygens (including phenoxy) is 1. The molecule has 3 N–H and O–H groups in total. The normalized spacial score (nSPS) is 11.2. The molecule has 4 nitrogen and oxygen atoms in total. The van der Waals surface area contributed by atoms with Crippen molar-refractivity contribution in [3.8, 4) is 17.6 Å². The fourth-order valence-electron chi connectivity index (χ4n) is 1.29. The summed E-state index contributed by atoms with van der Waals surface area (Å²) in [6.07, 6.45) is 0.225. The molecule has 0 bridgehead atoms. The van der Waals surface area contributed by atoms with E-state index in [1.54, 1.807) is 12.1 Å². The number of nitrogens with zero attached hydrogens (tertiary/aromatic N) is 1. The first-order chi connectivity index (χ1) is 7.60. The van der Waals surface area contributed by atoms with Gasteiger partial charge in [-0.15, -0.1) is 12.4 Å². The third-order valence-corrected chi connectivity index (χ3v) is 2.69. The summed E-state index contributed by atoms with van der Waals surface area (Å²) in [7, 11) is 0. The lowest BCUT2D eigenvalue weighted by molar-refractivity contribution is 0.316. The van der Waals surface area contributed by atoms with Crippen LogP contribution >= 0.6 is 28.3 Å². The summed E-state index contributed by atoms with van der Waals surface area (Å²) in [6.45, 7) is 2.28. The molecule has 1 atom stereocenters. The molecule has 6 heteroatoms. The van der Waals surface area contributed by atoms with E-state index in [-0.39, 0.29) is 30.6 Å². The van der Waals surface area contributed by atoms with Crippen LogP contribution in [0.4, 0.5) is 0 Å². The van der Waals surface area contributed by atoms with Crippen molar-refractivity contribution in [3.05, 3.63) is 22.2 Å². The van der Waals surface area contributed by atoms with E-state index in [9.17, 15) is 5.11 Å². The van der Waals surface area contributed by atoms with Crippen molar-refractivity contribution in [1.29, 1.82) is 5.26 Å². The Hall–Kier alpha value is -0.960. The summed E-state index contributed by atoms with van der Waals surface area (Å²) in [5.74, 6) is 0.426. The zero-order chi connectivity index (χ0) is 12.1. The van der Waals surface area contributed by atoms with Crippen LogP contribution in [0.1, 0.15) is 24.9 Å². The highest BCUT2D eigenvalue weighted by Crippen LogP contribution is 2.37. The van der Waals surface area contributed by atoms with Crippen LogP contribution in [0.15, 0.2) is 16.6 Å². The molecule has 0 aliphatic carbocycles. The highest BCUT2D eigenvalue weighted by Gasteiger charge is 2.13. The second-order valence-corrected chi connectivity index (χ2v) is 4.11. The second-order valence-electron chi connectivity index (χ2n) is 3.25. The monoisotopic (exact) mass is 320 g/mol. The fourth-order valence-corrected chi connectivity index (χ4v) is 1.75. The van der Waals surface area contributed by atoms with Crippen molar-refractivity contribution in [2.75, 3.05) is 6.61 Å². The molecular formula is C11H14BrClN2O2. The highest BCUT2D eigenvalue weighted by molar-refractivity contribution is 9.10. The molecular weight excluding hydrogens is 307 g/mol. The van der Waals surface area contributed by atoms with Gasteiger partial charge in [0, 0.05) is 6.04 Å². The van der Waals surface area contributed by atoms with E-state index in [0.717, 1.165) is 5.56 Å². The van der Waals surface area contributed by atoms with Crippen LogP contribution in [-0.2, 0) is 0 Å². The van der Waals surface area contributed by atoms with Gasteiger partial charge in [0.25, 0.3) is 0 Å². The van der Waals surface area contributed by atoms with Crippen LogP contribution in [0, 0.1) is 11.3 Å². The summed E-state index contributed by atoms with van der Waals surface area (Å²) in [5, 5.41) is 18.3. The SMILES string of the molecule is CCOc1cc([C@@H](N)CC#N)cc(Br)c1O.Cl. The van der Waals surface area contributed by atoms with E-state index >= 15 is 0 Å². The molecule has 0 unspecified atom stereocenters. The van der Waals surface area contributed by atoms with Crippen LogP contribution in [0.5, 0.6) is 11.5 Å². The molecule has 0 aliphatic rings. The van der Waals surface area contributed by atoms with Crippen molar-refractivity contribution < 1.29 is 9.84 Å². The van der Waals surface area contributed by atoms with Crippen molar-refractivity contribution >= 4 is 28.3 Å². The number of phenolic OH excluding ortho intramolecular Hbond substituents is 1. The molecule has 0 heterocycles. The Morgan fingerprint density at radius 1 is 1.59 bits per heavy atom. The van der Waals surface area contributed by atoms with E-state index in [2.05, 4.69) is 15.9 Å². The largest absolute Gasteiger partial charge is 0.503 e. The van der Waals surface area contributed by atoms with Gasteiger partial charge in [0.15, 0.2) is 11.5 Å². The molecule has 0 saturated carbocycles. The predicted octanol–water partition coefficient (Wildman–Crippen LogP) is 2.89. The van der Waals surface area contributed by atoms with Crippen molar-refractivity contribution in [3.63, 3.8) is 0 Å². The third kappa shape index (κ3) is 4.08. The van der Waals surface area contributed by atoms with Crippen LogP contribution in [0.3, 0.4) is 0 Å². The van der Waals surface area contributed by atoms with Crippen LogP contribution in [0.2, 0.25) is 0 Å². The van der Waals surface area contributed by atoms with Crippen molar-refractivity contribution in [2.24, 2.45) is 5.73 Å². The number of nitrogens with two attached hydrogens (primary N) is 1. The predicted molar refractivity (Wildman–Crippen MR) is 71.4 cm³/mol. The number of phenols is 1. The van der Waals surface area contributed by atoms with Gasteiger partial charge >= 0.3 is 0 Å². The zero-order valence-electron chi connectivity index (χ0n) is 9.31. The average Bonchev–Trinajstić information content (AvgIpc) is 2.25. The smallest absolute Gasteiger partial charge is 0.172 e. The number of nitriles is 1. The number of aromatic hydroxyl groups is 1. The molecule has 17 heavy (non-hydrogen) atoms. The molecule has 94 valence electrons. The van der Waals surface area contributed by atoms with Crippen LogP contribution in [-0.4, -0.2) is 11.7 Å². The van der Waals surface area contributed by atoms with E-state index < -0.39 is 0 Å². The maximum Gasteiger partial charge on any atom is 0.172 e. The molecule has 0 fully saturated rings. The molecule has 0 amide bonds. The Labute approximate surface area is 115 Å². The lowest BCUT2D eigenvalue weighted by atomic mass is 10.0. The molecule has 1 aromatic carbocycles. The van der Waals surface area contributed by atoms with E-state index in [1.165, 1.54) is 0 Å². The highest BCUT2D eigenvalue weighted by atomic mass is 79.9. The number of rotatable bonds is 4. The van der Waals surface area contributed by atoms with Gasteiger partial charge in [-0.2, -0.15) is 5.26 Å². The van der Waals surface area contributed by atoms with E-state index in [0.29, 0.717) is 16.8 Å². The van der Waals surface area contributed by atoms with Gasteiger partial charge in [0.2, 0.25) is 0 Å². The van der Waals surface area contributed by atoms with Gasteiger partial charge in [-0.3, -0.25) is 0 Å².